The van der Waals surface area contributed by atoms with Crippen molar-refractivity contribution in [3.63, 3.8) is 0 Å². The zero-order chi connectivity index (χ0) is 14.2. The van der Waals surface area contributed by atoms with Crippen molar-refractivity contribution in [1.29, 1.82) is 0 Å². The number of fused-ring (bicyclic) bond motifs is 1. The standard InChI is InChI=1S/C11H11BrF3N3O/c1-2-16-9(11(13,14)15)5-3-7-8(4-6(5)12)18-10(19)17-7/h3-4,9,16H,2H2,1H3,(H2,17,18,19). The topological polar surface area (TPSA) is 60.7 Å². The number of hydrogen-bond donors (Lipinski definition) is 3. The number of alkyl halides is 3. The number of hydrogen-bond acceptors (Lipinski definition) is 2. The second-order valence-electron chi connectivity index (χ2n) is 4.03. The predicted octanol–water partition coefficient (Wildman–Crippen LogP) is 2.83. The molecule has 1 unspecified atom stereocenters. The zero-order valence-corrected chi connectivity index (χ0v) is 11.4. The molecule has 0 saturated carbocycles. The summed E-state index contributed by atoms with van der Waals surface area (Å²) in [6.45, 7) is 1.78. The van der Waals surface area contributed by atoms with Gasteiger partial charge in [-0.25, -0.2) is 4.79 Å². The van der Waals surface area contributed by atoms with Crippen molar-refractivity contribution in [2.45, 2.75) is 19.1 Å². The fraction of sp³-hybridized carbons (Fsp3) is 0.364. The number of imidazole rings is 1. The van der Waals surface area contributed by atoms with Gasteiger partial charge < -0.3 is 15.3 Å². The van der Waals surface area contributed by atoms with E-state index in [1.54, 1.807) is 6.92 Å². The van der Waals surface area contributed by atoms with Crippen molar-refractivity contribution < 1.29 is 13.2 Å². The molecule has 1 aromatic heterocycles. The summed E-state index contributed by atoms with van der Waals surface area (Å²) in [5.41, 5.74) is 0.386. The van der Waals surface area contributed by atoms with Gasteiger partial charge in [-0.1, -0.05) is 22.9 Å². The number of H-pyrrole nitrogens is 2. The summed E-state index contributed by atoms with van der Waals surface area (Å²) in [4.78, 5) is 16.1. The molecule has 0 amide bonds. The van der Waals surface area contributed by atoms with Crippen LogP contribution < -0.4 is 11.0 Å². The summed E-state index contributed by atoms with van der Waals surface area (Å²) in [6, 6.07) is 0.992. The van der Waals surface area contributed by atoms with E-state index in [9.17, 15) is 18.0 Å². The van der Waals surface area contributed by atoms with Crippen LogP contribution in [0.5, 0.6) is 0 Å². The molecule has 0 radical (unpaired) electrons. The first-order valence-corrected chi connectivity index (χ1v) is 6.33. The molecule has 0 aliphatic heterocycles. The Hall–Kier alpha value is -1.28. The average molecular weight is 338 g/mol. The lowest BCUT2D eigenvalue weighted by molar-refractivity contribution is -0.157. The van der Waals surface area contributed by atoms with E-state index < -0.39 is 17.9 Å². The maximum Gasteiger partial charge on any atom is 0.407 e. The van der Waals surface area contributed by atoms with Gasteiger partial charge >= 0.3 is 11.9 Å². The van der Waals surface area contributed by atoms with Gasteiger partial charge in [0.1, 0.15) is 6.04 Å². The van der Waals surface area contributed by atoms with Gasteiger partial charge in [0, 0.05) is 4.47 Å². The summed E-state index contributed by atoms with van der Waals surface area (Å²) in [7, 11) is 0. The predicted molar refractivity (Wildman–Crippen MR) is 69.1 cm³/mol. The number of aromatic nitrogens is 2. The zero-order valence-electron chi connectivity index (χ0n) is 9.86. The number of halogens is 4. The van der Waals surface area contributed by atoms with Crippen LogP contribution in [0.1, 0.15) is 18.5 Å². The van der Waals surface area contributed by atoms with E-state index in [2.05, 4.69) is 31.2 Å². The molecule has 0 fully saturated rings. The highest BCUT2D eigenvalue weighted by Crippen LogP contribution is 2.37. The second kappa shape index (κ2) is 5.01. The fourth-order valence-electron chi connectivity index (χ4n) is 1.90. The lowest BCUT2D eigenvalue weighted by Gasteiger charge is -2.22. The van der Waals surface area contributed by atoms with E-state index in [4.69, 9.17) is 0 Å². The Morgan fingerprint density at radius 2 is 1.89 bits per heavy atom. The second-order valence-corrected chi connectivity index (χ2v) is 4.89. The highest BCUT2D eigenvalue weighted by Gasteiger charge is 2.41. The number of aromatic amines is 2. The molecule has 0 bridgehead atoms. The molecular weight excluding hydrogens is 327 g/mol. The van der Waals surface area contributed by atoms with Gasteiger partial charge in [0.15, 0.2) is 0 Å². The maximum atomic E-state index is 13.0. The first-order valence-electron chi connectivity index (χ1n) is 5.54. The molecule has 104 valence electrons. The molecule has 1 atom stereocenters. The van der Waals surface area contributed by atoms with E-state index in [0.717, 1.165) is 0 Å². The van der Waals surface area contributed by atoms with Gasteiger partial charge in [-0.05, 0) is 24.2 Å². The van der Waals surface area contributed by atoms with Gasteiger partial charge in [0.25, 0.3) is 0 Å². The van der Waals surface area contributed by atoms with E-state index >= 15 is 0 Å². The Bertz CT molecular complexity index is 647. The van der Waals surface area contributed by atoms with Crippen LogP contribution in [0.15, 0.2) is 21.4 Å². The molecule has 0 aliphatic rings. The van der Waals surface area contributed by atoms with Crippen LogP contribution in [0.4, 0.5) is 13.2 Å². The molecular formula is C11H11BrF3N3O. The fourth-order valence-corrected chi connectivity index (χ4v) is 2.47. The lowest BCUT2D eigenvalue weighted by atomic mass is 10.1. The normalized spacial score (nSPS) is 13.9. The molecule has 8 heteroatoms. The van der Waals surface area contributed by atoms with Gasteiger partial charge in [0.05, 0.1) is 11.0 Å². The van der Waals surface area contributed by atoms with Crippen molar-refractivity contribution in [3.8, 4) is 0 Å². The SMILES string of the molecule is CCNC(c1cc2[nH]c(=O)[nH]c2cc1Br)C(F)(F)F. The Balaban J connectivity index is 2.58. The summed E-state index contributed by atoms with van der Waals surface area (Å²) in [5.74, 6) is 0. The molecule has 19 heavy (non-hydrogen) atoms. The molecule has 0 aliphatic carbocycles. The van der Waals surface area contributed by atoms with Crippen molar-refractivity contribution in [1.82, 2.24) is 15.3 Å². The molecule has 0 saturated heterocycles. The minimum atomic E-state index is -4.41. The minimum Gasteiger partial charge on any atom is -0.306 e. The molecule has 1 aromatic carbocycles. The lowest BCUT2D eigenvalue weighted by Crippen LogP contribution is -2.34. The first-order chi connectivity index (χ1) is 8.82. The van der Waals surface area contributed by atoms with Crippen LogP contribution >= 0.6 is 15.9 Å². The van der Waals surface area contributed by atoms with E-state index in [-0.39, 0.29) is 12.1 Å². The minimum absolute atomic E-state index is 0.0390. The quantitative estimate of drug-likeness (QED) is 0.806. The Morgan fingerprint density at radius 1 is 1.32 bits per heavy atom. The molecule has 2 rings (SSSR count). The van der Waals surface area contributed by atoms with Gasteiger partial charge in [-0.2, -0.15) is 13.2 Å². The first kappa shape index (κ1) is 14.1. The van der Waals surface area contributed by atoms with Gasteiger partial charge in [0.2, 0.25) is 0 Å². The third-order valence-corrected chi connectivity index (χ3v) is 3.37. The Labute approximate surface area is 114 Å². The van der Waals surface area contributed by atoms with Crippen molar-refractivity contribution in [3.05, 3.63) is 32.7 Å². The van der Waals surface area contributed by atoms with Crippen LogP contribution in [-0.2, 0) is 0 Å². The highest BCUT2D eigenvalue weighted by atomic mass is 79.9. The monoisotopic (exact) mass is 337 g/mol. The smallest absolute Gasteiger partial charge is 0.306 e. The Kier molecular flexibility index (Phi) is 3.73. The van der Waals surface area contributed by atoms with Crippen LogP contribution in [-0.4, -0.2) is 22.7 Å². The third-order valence-electron chi connectivity index (χ3n) is 2.68. The van der Waals surface area contributed by atoms with E-state index in [1.807, 2.05) is 0 Å². The van der Waals surface area contributed by atoms with Crippen molar-refractivity contribution in [2.75, 3.05) is 6.54 Å². The van der Waals surface area contributed by atoms with Crippen LogP contribution in [0, 0.1) is 0 Å². The summed E-state index contributed by atoms with van der Waals surface area (Å²) >= 11 is 3.11. The number of benzene rings is 1. The average Bonchev–Trinajstić information content (AvgIpc) is 2.63. The molecule has 1 heterocycles. The summed E-state index contributed by atoms with van der Waals surface area (Å²) < 4.78 is 39.3. The van der Waals surface area contributed by atoms with E-state index in [0.29, 0.717) is 15.5 Å². The summed E-state index contributed by atoms with van der Waals surface area (Å²) in [6.07, 6.45) is -4.41. The van der Waals surface area contributed by atoms with Gasteiger partial charge in [-0.15, -0.1) is 0 Å². The van der Waals surface area contributed by atoms with Gasteiger partial charge in [-0.3, -0.25) is 0 Å². The highest BCUT2D eigenvalue weighted by molar-refractivity contribution is 9.10. The van der Waals surface area contributed by atoms with Crippen LogP contribution in [0.25, 0.3) is 11.0 Å². The van der Waals surface area contributed by atoms with Crippen molar-refractivity contribution in [2.24, 2.45) is 0 Å². The maximum absolute atomic E-state index is 13.0. The molecule has 4 nitrogen and oxygen atoms in total. The van der Waals surface area contributed by atoms with Crippen LogP contribution in [0.3, 0.4) is 0 Å². The molecule has 0 spiro atoms. The largest absolute Gasteiger partial charge is 0.407 e. The van der Waals surface area contributed by atoms with Crippen molar-refractivity contribution >= 4 is 27.0 Å². The third kappa shape index (κ3) is 2.84. The molecule has 3 N–H and O–H groups in total. The Morgan fingerprint density at radius 3 is 2.42 bits per heavy atom. The number of rotatable bonds is 3. The molecule has 2 aromatic rings. The number of nitrogens with one attached hydrogen (secondary N) is 3. The summed E-state index contributed by atoms with van der Waals surface area (Å²) in [5, 5.41) is 2.39. The van der Waals surface area contributed by atoms with Crippen LogP contribution in [0.2, 0.25) is 0 Å². The van der Waals surface area contributed by atoms with E-state index in [1.165, 1.54) is 12.1 Å².